The van der Waals surface area contributed by atoms with E-state index < -0.39 is 48.7 Å². The molecular formula is C20H29N5O8. The van der Waals surface area contributed by atoms with E-state index in [4.69, 9.17) is 18.9 Å². The van der Waals surface area contributed by atoms with Gasteiger partial charge < -0.3 is 28.7 Å². The van der Waals surface area contributed by atoms with Gasteiger partial charge in [0, 0.05) is 34.9 Å². The lowest BCUT2D eigenvalue weighted by Crippen LogP contribution is -2.59. The summed E-state index contributed by atoms with van der Waals surface area (Å²) in [6, 6.07) is 0. The zero-order chi connectivity index (χ0) is 24.6. The second-order valence-electron chi connectivity index (χ2n) is 8.18. The number of ether oxygens (including phenoxy) is 4. The number of esters is 3. The van der Waals surface area contributed by atoms with E-state index in [-0.39, 0.29) is 18.2 Å². The minimum absolute atomic E-state index is 0.191. The molecule has 0 aliphatic carbocycles. The summed E-state index contributed by atoms with van der Waals surface area (Å²) in [5.74, 6) is -1.65. The number of hydrogen-bond acceptors (Lipinski definition) is 11. The number of imidazole rings is 1. The molecule has 182 valence electrons. The average molecular weight is 467 g/mol. The SMILES string of the molecule is CC(=O)OC[C@H]1O[C@@H](n2cnc3c2N(C)C(N(C)C)N(C)C3=O)[C@H](OC(C)=O)[C@@H]1OC(C)=O. The molecule has 1 unspecified atom stereocenters. The lowest BCUT2D eigenvalue weighted by Gasteiger charge is -2.44. The van der Waals surface area contributed by atoms with Crippen LogP contribution in [0.1, 0.15) is 37.5 Å². The van der Waals surface area contributed by atoms with Crippen LogP contribution in [0.5, 0.6) is 0 Å². The van der Waals surface area contributed by atoms with Gasteiger partial charge in [-0.1, -0.05) is 0 Å². The maximum Gasteiger partial charge on any atom is 0.303 e. The van der Waals surface area contributed by atoms with Gasteiger partial charge in [-0.25, -0.2) is 4.98 Å². The minimum Gasteiger partial charge on any atom is -0.463 e. The molecular weight excluding hydrogens is 438 g/mol. The average Bonchev–Trinajstić information content (AvgIpc) is 3.26. The third-order valence-corrected chi connectivity index (χ3v) is 5.39. The van der Waals surface area contributed by atoms with Gasteiger partial charge in [-0.2, -0.15) is 0 Å². The van der Waals surface area contributed by atoms with E-state index in [0.717, 1.165) is 0 Å². The molecule has 0 spiro atoms. The predicted molar refractivity (Wildman–Crippen MR) is 112 cm³/mol. The third kappa shape index (κ3) is 4.64. The van der Waals surface area contributed by atoms with E-state index in [1.165, 1.54) is 27.1 Å². The van der Waals surface area contributed by atoms with Crippen LogP contribution >= 0.6 is 0 Å². The Balaban J connectivity index is 2.06. The molecule has 1 amide bonds. The molecule has 0 bridgehead atoms. The largest absolute Gasteiger partial charge is 0.463 e. The number of carbonyl (C=O) groups is 4. The van der Waals surface area contributed by atoms with E-state index in [1.807, 2.05) is 23.9 Å². The second kappa shape index (κ2) is 9.35. The van der Waals surface area contributed by atoms with E-state index in [2.05, 4.69) is 4.98 Å². The number of amides is 1. The molecule has 0 N–H and O–H groups in total. The van der Waals surface area contributed by atoms with Crippen LogP contribution in [0.2, 0.25) is 0 Å². The molecule has 3 rings (SSSR count). The minimum atomic E-state index is -1.08. The smallest absolute Gasteiger partial charge is 0.303 e. The first-order chi connectivity index (χ1) is 15.4. The van der Waals surface area contributed by atoms with Crippen molar-refractivity contribution in [2.24, 2.45) is 0 Å². The van der Waals surface area contributed by atoms with Crippen LogP contribution in [0.3, 0.4) is 0 Å². The first-order valence-electron chi connectivity index (χ1n) is 10.3. The molecule has 1 saturated heterocycles. The van der Waals surface area contributed by atoms with Gasteiger partial charge in [0.05, 0.1) is 6.33 Å². The number of anilines is 1. The maximum absolute atomic E-state index is 13.0. The lowest BCUT2D eigenvalue weighted by molar-refractivity contribution is -0.166. The van der Waals surface area contributed by atoms with Crippen LogP contribution in [-0.4, -0.2) is 103 Å². The fourth-order valence-electron chi connectivity index (χ4n) is 4.29. The van der Waals surface area contributed by atoms with Gasteiger partial charge in [0.15, 0.2) is 30.4 Å². The predicted octanol–water partition coefficient (Wildman–Crippen LogP) is -0.426. The van der Waals surface area contributed by atoms with Gasteiger partial charge in [0.25, 0.3) is 5.91 Å². The summed E-state index contributed by atoms with van der Waals surface area (Å²) >= 11 is 0. The molecule has 2 aliphatic heterocycles. The zero-order valence-electron chi connectivity index (χ0n) is 19.7. The van der Waals surface area contributed by atoms with Crippen molar-refractivity contribution in [3.05, 3.63) is 12.0 Å². The van der Waals surface area contributed by atoms with Crippen LogP contribution in [0.4, 0.5) is 5.82 Å². The monoisotopic (exact) mass is 467 g/mol. The summed E-state index contributed by atoms with van der Waals surface area (Å²) in [4.78, 5) is 57.5. The molecule has 5 atom stereocenters. The van der Waals surface area contributed by atoms with Gasteiger partial charge in [-0.3, -0.25) is 28.6 Å². The van der Waals surface area contributed by atoms with Crippen molar-refractivity contribution in [2.45, 2.75) is 51.6 Å². The second-order valence-corrected chi connectivity index (χ2v) is 8.18. The van der Waals surface area contributed by atoms with Crippen molar-refractivity contribution in [1.82, 2.24) is 19.4 Å². The van der Waals surface area contributed by atoms with E-state index in [0.29, 0.717) is 5.82 Å². The van der Waals surface area contributed by atoms with Crippen molar-refractivity contribution in [1.29, 1.82) is 0 Å². The quantitative estimate of drug-likeness (QED) is 0.399. The van der Waals surface area contributed by atoms with Crippen LogP contribution < -0.4 is 4.90 Å². The van der Waals surface area contributed by atoms with Gasteiger partial charge in [0.1, 0.15) is 18.5 Å². The Labute approximate surface area is 191 Å². The van der Waals surface area contributed by atoms with Crippen molar-refractivity contribution < 1.29 is 38.1 Å². The number of aromatic nitrogens is 2. The Morgan fingerprint density at radius 3 is 2.18 bits per heavy atom. The summed E-state index contributed by atoms with van der Waals surface area (Å²) in [6.45, 7) is 3.44. The Kier molecular flexibility index (Phi) is 6.93. The van der Waals surface area contributed by atoms with Crippen LogP contribution in [0.15, 0.2) is 6.33 Å². The highest BCUT2D eigenvalue weighted by molar-refractivity contribution is 5.99. The summed E-state index contributed by atoms with van der Waals surface area (Å²) in [6.07, 6.45) is -3.06. The Morgan fingerprint density at radius 2 is 1.64 bits per heavy atom. The Bertz CT molecular complexity index is 947. The van der Waals surface area contributed by atoms with Crippen molar-refractivity contribution in [3.8, 4) is 0 Å². The summed E-state index contributed by atoms with van der Waals surface area (Å²) in [7, 11) is 7.12. The lowest BCUT2D eigenvalue weighted by atomic mass is 10.1. The zero-order valence-corrected chi connectivity index (χ0v) is 19.7. The molecule has 1 fully saturated rings. The van der Waals surface area contributed by atoms with Crippen LogP contribution in [0.25, 0.3) is 0 Å². The number of nitrogens with zero attached hydrogens (tertiary/aromatic N) is 5. The fraction of sp³-hybridized carbons (Fsp3) is 0.650. The van der Waals surface area contributed by atoms with Crippen molar-refractivity contribution >= 4 is 29.6 Å². The third-order valence-electron chi connectivity index (χ3n) is 5.39. The normalized spacial score (nSPS) is 26.9. The highest BCUT2D eigenvalue weighted by Gasteiger charge is 2.52. The maximum atomic E-state index is 13.0. The summed E-state index contributed by atoms with van der Waals surface area (Å²) < 4.78 is 23.6. The highest BCUT2D eigenvalue weighted by atomic mass is 16.7. The van der Waals surface area contributed by atoms with Gasteiger partial charge in [0.2, 0.25) is 0 Å². The molecule has 1 aromatic rings. The molecule has 3 heterocycles. The topological polar surface area (TPSA) is 133 Å². The molecule has 33 heavy (non-hydrogen) atoms. The molecule has 13 heteroatoms. The molecule has 13 nitrogen and oxygen atoms in total. The summed E-state index contributed by atoms with van der Waals surface area (Å²) in [5, 5.41) is 0. The standard InChI is InChI=1S/C20H29N5O8/c1-10(26)30-8-13-15(31-11(2)27)16(32-12(3)28)19(33-13)25-9-21-14-17(25)23(6)20(22(4)5)24(7)18(14)29/h9,13,15-16,19-20H,8H2,1-7H3/t13-,15-,16-,19-,20?/m1/s1. The first kappa shape index (κ1) is 24.5. The van der Waals surface area contributed by atoms with Crippen LogP contribution in [-0.2, 0) is 33.3 Å². The van der Waals surface area contributed by atoms with Crippen molar-refractivity contribution in [3.63, 3.8) is 0 Å². The Hall–Kier alpha value is -3.19. The van der Waals surface area contributed by atoms with Gasteiger partial charge in [-0.15, -0.1) is 0 Å². The Morgan fingerprint density at radius 1 is 1.03 bits per heavy atom. The number of carbonyl (C=O) groups excluding carboxylic acids is 4. The molecule has 0 aromatic carbocycles. The molecule has 0 radical (unpaired) electrons. The molecule has 1 aromatic heterocycles. The van der Waals surface area contributed by atoms with Crippen LogP contribution in [0, 0.1) is 0 Å². The highest BCUT2D eigenvalue weighted by Crippen LogP contribution is 2.39. The number of fused-ring (bicyclic) bond motifs is 1. The van der Waals surface area contributed by atoms with Crippen molar-refractivity contribution in [2.75, 3.05) is 39.7 Å². The summed E-state index contributed by atoms with van der Waals surface area (Å²) in [5.41, 5.74) is 0.191. The molecule has 0 saturated carbocycles. The number of hydrogen-bond donors (Lipinski definition) is 0. The van der Waals surface area contributed by atoms with Gasteiger partial charge in [-0.05, 0) is 14.1 Å². The van der Waals surface area contributed by atoms with E-state index >= 15 is 0 Å². The van der Waals surface area contributed by atoms with E-state index in [9.17, 15) is 19.2 Å². The van der Waals surface area contributed by atoms with E-state index in [1.54, 1.807) is 23.6 Å². The number of rotatable bonds is 6. The first-order valence-corrected chi connectivity index (χ1v) is 10.3. The fourth-order valence-corrected chi connectivity index (χ4v) is 4.29. The van der Waals surface area contributed by atoms with Gasteiger partial charge >= 0.3 is 17.9 Å². The molecule has 2 aliphatic rings.